The van der Waals surface area contributed by atoms with Crippen LogP contribution in [-0.2, 0) is 21.4 Å². The Morgan fingerprint density at radius 1 is 1.06 bits per heavy atom. The molecule has 32 heavy (non-hydrogen) atoms. The van der Waals surface area contributed by atoms with E-state index in [0.717, 1.165) is 10.6 Å². The molecule has 3 rings (SSSR count). The monoisotopic (exact) mass is 496 g/mol. The first-order valence-corrected chi connectivity index (χ1v) is 11.9. The van der Waals surface area contributed by atoms with Gasteiger partial charge in [0.15, 0.2) is 6.61 Å². The van der Waals surface area contributed by atoms with Crippen molar-refractivity contribution in [3.05, 3.63) is 88.2 Å². The number of hydrogen-bond acceptors (Lipinski definition) is 4. The lowest BCUT2D eigenvalue weighted by molar-refractivity contribution is -0.118. The highest BCUT2D eigenvalue weighted by Crippen LogP contribution is 2.26. The summed E-state index contributed by atoms with van der Waals surface area (Å²) in [5.74, 6) is -0.575. The molecule has 0 bridgehead atoms. The second-order valence-corrected chi connectivity index (χ2v) is 9.57. The van der Waals surface area contributed by atoms with E-state index >= 15 is 0 Å². The Bertz CT molecular complexity index is 1220. The lowest BCUT2D eigenvalue weighted by Gasteiger charge is -2.23. The van der Waals surface area contributed by atoms with E-state index in [1.807, 2.05) is 0 Å². The number of sulfonamides is 1. The molecule has 0 heterocycles. The van der Waals surface area contributed by atoms with Gasteiger partial charge in [0.25, 0.3) is 5.91 Å². The summed E-state index contributed by atoms with van der Waals surface area (Å²) in [6, 6.07) is 16.7. The zero-order valence-electron chi connectivity index (χ0n) is 16.9. The van der Waals surface area contributed by atoms with Crippen molar-refractivity contribution in [3.8, 4) is 5.75 Å². The molecule has 6 nitrogen and oxygen atoms in total. The molecular formula is C22H19Cl2FN2O4S. The number of amides is 1. The molecule has 0 saturated heterocycles. The van der Waals surface area contributed by atoms with E-state index in [4.69, 9.17) is 27.9 Å². The van der Waals surface area contributed by atoms with E-state index in [2.05, 4.69) is 5.32 Å². The summed E-state index contributed by atoms with van der Waals surface area (Å²) in [6.07, 6.45) is 1.05. The fraction of sp³-hybridized carbons (Fsp3) is 0.136. The van der Waals surface area contributed by atoms with Gasteiger partial charge in [0, 0.05) is 10.6 Å². The van der Waals surface area contributed by atoms with Gasteiger partial charge in [0.05, 0.1) is 29.2 Å². The normalized spacial score (nSPS) is 11.1. The second kappa shape index (κ2) is 10.2. The zero-order valence-corrected chi connectivity index (χ0v) is 19.2. The number of carbonyl (C=O) groups is 1. The van der Waals surface area contributed by atoms with Crippen LogP contribution in [0.5, 0.6) is 5.75 Å². The van der Waals surface area contributed by atoms with Crippen molar-refractivity contribution in [2.45, 2.75) is 6.54 Å². The number of ether oxygens (including phenoxy) is 1. The first-order chi connectivity index (χ1) is 15.1. The number of carbonyl (C=O) groups excluding carboxylic acids is 1. The summed E-state index contributed by atoms with van der Waals surface area (Å²) in [5.41, 5.74) is 0.980. The first-order valence-electron chi connectivity index (χ1n) is 9.32. The van der Waals surface area contributed by atoms with E-state index in [9.17, 15) is 17.6 Å². The van der Waals surface area contributed by atoms with Crippen molar-refractivity contribution < 1.29 is 22.3 Å². The van der Waals surface area contributed by atoms with Crippen LogP contribution in [0.1, 0.15) is 5.56 Å². The molecule has 0 aliphatic heterocycles. The molecule has 10 heteroatoms. The summed E-state index contributed by atoms with van der Waals surface area (Å²) in [5, 5.41) is 3.36. The van der Waals surface area contributed by atoms with E-state index in [1.54, 1.807) is 18.2 Å². The molecule has 0 atom stereocenters. The van der Waals surface area contributed by atoms with Crippen molar-refractivity contribution in [3.63, 3.8) is 0 Å². The van der Waals surface area contributed by atoms with Crippen LogP contribution in [0.4, 0.5) is 15.8 Å². The van der Waals surface area contributed by atoms with Crippen molar-refractivity contribution in [2.75, 3.05) is 22.5 Å². The predicted octanol–water partition coefficient (Wildman–Crippen LogP) is 5.12. The molecule has 0 aromatic heterocycles. The quantitative estimate of drug-likeness (QED) is 0.469. The van der Waals surface area contributed by atoms with Gasteiger partial charge in [-0.05, 0) is 48.5 Å². The van der Waals surface area contributed by atoms with Crippen molar-refractivity contribution in [1.29, 1.82) is 0 Å². The summed E-state index contributed by atoms with van der Waals surface area (Å²) >= 11 is 11.9. The van der Waals surface area contributed by atoms with E-state index in [-0.39, 0.29) is 18.7 Å². The van der Waals surface area contributed by atoms with Crippen LogP contribution in [0.15, 0.2) is 66.7 Å². The van der Waals surface area contributed by atoms with Crippen LogP contribution in [0.25, 0.3) is 0 Å². The summed E-state index contributed by atoms with van der Waals surface area (Å²) in [4.78, 5) is 12.1. The molecule has 168 valence electrons. The van der Waals surface area contributed by atoms with Gasteiger partial charge in [-0.15, -0.1) is 0 Å². The van der Waals surface area contributed by atoms with Crippen LogP contribution in [0, 0.1) is 5.82 Å². The van der Waals surface area contributed by atoms with Gasteiger partial charge in [-0.2, -0.15) is 0 Å². The second-order valence-electron chi connectivity index (χ2n) is 6.82. The maximum atomic E-state index is 14.0. The predicted molar refractivity (Wildman–Crippen MR) is 124 cm³/mol. The molecule has 3 aromatic carbocycles. The summed E-state index contributed by atoms with van der Waals surface area (Å²) < 4.78 is 45.1. The highest BCUT2D eigenvalue weighted by Gasteiger charge is 2.19. The topological polar surface area (TPSA) is 75.7 Å². The maximum Gasteiger partial charge on any atom is 0.262 e. The van der Waals surface area contributed by atoms with Crippen molar-refractivity contribution >= 4 is 50.5 Å². The van der Waals surface area contributed by atoms with Gasteiger partial charge in [-0.3, -0.25) is 9.10 Å². The minimum atomic E-state index is -3.67. The number of hydrogen-bond donors (Lipinski definition) is 1. The van der Waals surface area contributed by atoms with Crippen LogP contribution in [0.3, 0.4) is 0 Å². The van der Waals surface area contributed by atoms with Gasteiger partial charge < -0.3 is 10.1 Å². The number of halogens is 3. The SMILES string of the molecule is CS(=O)(=O)N(Cc1ccccc1F)c1ccc(OCC(=O)Nc2ccc(Cl)cc2Cl)cc1. The number of rotatable bonds is 8. The maximum absolute atomic E-state index is 14.0. The van der Waals surface area contributed by atoms with Crippen LogP contribution in [0.2, 0.25) is 10.0 Å². The fourth-order valence-electron chi connectivity index (χ4n) is 2.82. The third-order valence-electron chi connectivity index (χ3n) is 4.37. The van der Waals surface area contributed by atoms with E-state index in [0.29, 0.717) is 27.2 Å². The Labute approximate surface area is 195 Å². The van der Waals surface area contributed by atoms with Gasteiger partial charge in [0.2, 0.25) is 10.0 Å². The molecule has 0 radical (unpaired) electrons. The zero-order chi connectivity index (χ0) is 23.3. The third kappa shape index (κ3) is 6.35. The molecule has 0 saturated carbocycles. The standard InChI is InChI=1S/C22H19Cl2FN2O4S/c1-32(29,30)27(13-15-4-2-3-5-20(15)25)17-7-9-18(10-8-17)31-14-22(28)26-21-11-6-16(23)12-19(21)24/h2-12H,13-14H2,1H3,(H,26,28). The first kappa shape index (κ1) is 23.8. The Kier molecular flexibility index (Phi) is 7.60. The number of benzene rings is 3. The molecule has 0 unspecified atom stereocenters. The van der Waals surface area contributed by atoms with Crippen molar-refractivity contribution in [2.24, 2.45) is 0 Å². The molecule has 1 N–H and O–H groups in total. The molecule has 1 amide bonds. The molecule has 0 spiro atoms. The third-order valence-corrected chi connectivity index (χ3v) is 6.06. The number of nitrogens with zero attached hydrogens (tertiary/aromatic N) is 1. The van der Waals surface area contributed by atoms with E-state index in [1.165, 1.54) is 48.5 Å². The fourth-order valence-corrected chi connectivity index (χ4v) is 4.15. The lowest BCUT2D eigenvalue weighted by Crippen LogP contribution is -2.29. The van der Waals surface area contributed by atoms with Crippen LogP contribution < -0.4 is 14.4 Å². The Balaban J connectivity index is 1.66. The van der Waals surface area contributed by atoms with E-state index < -0.39 is 21.7 Å². The van der Waals surface area contributed by atoms with Crippen LogP contribution >= 0.6 is 23.2 Å². The highest BCUT2D eigenvalue weighted by molar-refractivity contribution is 7.92. The van der Waals surface area contributed by atoms with Gasteiger partial charge in [-0.25, -0.2) is 12.8 Å². The van der Waals surface area contributed by atoms with Gasteiger partial charge in [0.1, 0.15) is 11.6 Å². The average Bonchev–Trinajstić information content (AvgIpc) is 2.73. The molecular weight excluding hydrogens is 478 g/mol. The summed E-state index contributed by atoms with van der Waals surface area (Å²) in [6.45, 7) is -0.445. The smallest absolute Gasteiger partial charge is 0.262 e. The van der Waals surface area contributed by atoms with Crippen molar-refractivity contribution in [1.82, 2.24) is 0 Å². The minimum absolute atomic E-state index is 0.157. The Hall–Kier alpha value is -2.81. The van der Waals surface area contributed by atoms with Crippen LogP contribution in [-0.4, -0.2) is 27.2 Å². The average molecular weight is 497 g/mol. The highest BCUT2D eigenvalue weighted by atomic mass is 35.5. The molecule has 0 aliphatic carbocycles. The summed E-state index contributed by atoms with van der Waals surface area (Å²) in [7, 11) is -3.67. The molecule has 0 fully saturated rings. The number of anilines is 2. The van der Waals surface area contributed by atoms with Gasteiger partial charge in [-0.1, -0.05) is 41.4 Å². The number of nitrogens with one attached hydrogen (secondary N) is 1. The molecule has 0 aliphatic rings. The molecule has 3 aromatic rings. The Morgan fingerprint density at radius 3 is 2.38 bits per heavy atom. The largest absolute Gasteiger partial charge is 0.484 e. The Morgan fingerprint density at radius 2 is 1.75 bits per heavy atom. The lowest BCUT2D eigenvalue weighted by atomic mass is 10.2. The van der Waals surface area contributed by atoms with Gasteiger partial charge >= 0.3 is 0 Å². The minimum Gasteiger partial charge on any atom is -0.484 e.